The second-order valence-electron chi connectivity index (χ2n) is 8.69. The molecule has 2 amide bonds. The van der Waals surface area contributed by atoms with Crippen LogP contribution >= 0.6 is 0 Å². The lowest BCUT2D eigenvalue weighted by Gasteiger charge is -2.38. The Labute approximate surface area is 191 Å². The Morgan fingerprint density at radius 2 is 1.69 bits per heavy atom. The van der Waals surface area contributed by atoms with E-state index in [2.05, 4.69) is 45.5 Å². The van der Waals surface area contributed by atoms with E-state index in [0.717, 1.165) is 49.6 Å². The number of nitrogens with zero attached hydrogens (tertiary/aromatic N) is 3. The predicted octanol–water partition coefficient (Wildman–Crippen LogP) is 5.40. The third-order valence-electron chi connectivity index (χ3n) is 6.09. The first-order valence-corrected chi connectivity index (χ1v) is 11.4. The van der Waals surface area contributed by atoms with Gasteiger partial charge in [0.1, 0.15) is 0 Å². The van der Waals surface area contributed by atoms with Crippen LogP contribution in [0.5, 0.6) is 0 Å². The summed E-state index contributed by atoms with van der Waals surface area (Å²) in [5.74, 6) is 0. The van der Waals surface area contributed by atoms with E-state index in [1.807, 2.05) is 61.2 Å². The summed E-state index contributed by atoms with van der Waals surface area (Å²) in [6.07, 6.45) is 1.92. The molecule has 1 N–H and O–H groups in total. The number of aryl methyl sites for hydroxylation is 2. The largest absolute Gasteiger partial charge is 0.322 e. The summed E-state index contributed by atoms with van der Waals surface area (Å²) in [4.78, 5) is 22.4. The van der Waals surface area contributed by atoms with Crippen LogP contribution in [0.25, 0.3) is 0 Å². The average molecular weight is 429 g/mol. The maximum atomic E-state index is 13.3. The van der Waals surface area contributed by atoms with Crippen LogP contribution in [0.3, 0.4) is 0 Å². The van der Waals surface area contributed by atoms with E-state index < -0.39 is 0 Å². The van der Waals surface area contributed by atoms with E-state index in [0.29, 0.717) is 6.54 Å². The van der Waals surface area contributed by atoms with Gasteiger partial charge >= 0.3 is 6.03 Å². The highest BCUT2D eigenvalue weighted by Crippen LogP contribution is 2.22. The highest BCUT2D eigenvalue weighted by Gasteiger charge is 2.28. The van der Waals surface area contributed by atoms with E-state index in [1.54, 1.807) is 0 Å². The zero-order valence-electron chi connectivity index (χ0n) is 19.0. The summed E-state index contributed by atoms with van der Waals surface area (Å²) in [6.45, 7) is 7.47. The van der Waals surface area contributed by atoms with Gasteiger partial charge in [-0.25, -0.2) is 4.79 Å². The molecule has 1 aliphatic rings. The van der Waals surface area contributed by atoms with Crippen molar-refractivity contribution in [2.75, 3.05) is 18.4 Å². The number of nitrogens with one attached hydrogen (secondary N) is 1. The Morgan fingerprint density at radius 1 is 0.969 bits per heavy atom. The molecule has 1 saturated heterocycles. The standard InChI is InChI=1S/C27H32N4O/c1-21-11-13-24(14-12-21)29-27(32)31(20-25-10-6-7-22(2)28-25)26-15-17-30(18-16-26)19-23-8-4-3-5-9-23/h3-14,26H,15-20H2,1-2H3,(H,29,32). The topological polar surface area (TPSA) is 48.5 Å². The fourth-order valence-corrected chi connectivity index (χ4v) is 4.29. The van der Waals surface area contributed by atoms with Gasteiger partial charge in [-0.15, -0.1) is 0 Å². The number of amides is 2. The molecule has 2 aromatic carbocycles. The molecule has 0 bridgehead atoms. The molecule has 0 atom stereocenters. The van der Waals surface area contributed by atoms with Crippen molar-refractivity contribution >= 4 is 11.7 Å². The maximum absolute atomic E-state index is 13.3. The molecular formula is C27H32N4O. The first-order valence-electron chi connectivity index (χ1n) is 11.4. The van der Waals surface area contributed by atoms with Crippen LogP contribution < -0.4 is 5.32 Å². The zero-order chi connectivity index (χ0) is 22.3. The van der Waals surface area contributed by atoms with Crippen LogP contribution in [-0.2, 0) is 13.1 Å². The van der Waals surface area contributed by atoms with Crippen molar-refractivity contribution < 1.29 is 4.79 Å². The van der Waals surface area contributed by atoms with E-state index in [9.17, 15) is 4.79 Å². The van der Waals surface area contributed by atoms with Crippen LogP contribution in [0.4, 0.5) is 10.5 Å². The number of urea groups is 1. The van der Waals surface area contributed by atoms with Crippen molar-refractivity contribution in [2.24, 2.45) is 0 Å². The molecule has 1 aliphatic heterocycles. The van der Waals surface area contributed by atoms with Crippen LogP contribution in [0.2, 0.25) is 0 Å². The Hall–Kier alpha value is -3.18. The summed E-state index contributed by atoms with van der Waals surface area (Å²) in [5.41, 5.74) is 5.23. The molecule has 3 aromatic rings. The number of hydrogen-bond donors (Lipinski definition) is 1. The molecule has 166 valence electrons. The lowest BCUT2D eigenvalue weighted by molar-refractivity contribution is 0.119. The monoisotopic (exact) mass is 428 g/mol. The smallest absolute Gasteiger partial charge is 0.316 e. The van der Waals surface area contributed by atoms with Gasteiger partial charge in [-0.1, -0.05) is 54.1 Å². The minimum Gasteiger partial charge on any atom is -0.316 e. The summed E-state index contributed by atoms with van der Waals surface area (Å²) in [5, 5.41) is 3.10. The highest BCUT2D eigenvalue weighted by molar-refractivity contribution is 5.89. The van der Waals surface area contributed by atoms with Crippen LogP contribution in [0.1, 0.15) is 35.4 Å². The summed E-state index contributed by atoms with van der Waals surface area (Å²) >= 11 is 0. The van der Waals surface area contributed by atoms with Gasteiger partial charge < -0.3 is 10.2 Å². The first-order chi connectivity index (χ1) is 15.6. The van der Waals surface area contributed by atoms with Gasteiger partial charge in [0.2, 0.25) is 0 Å². The number of hydrogen-bond acceptors (Lipinski definition) is 3. The lowest BCUT2D eigenvalue weighted by Crippen LogP contribution is -2.48. The van der Waals surface area contributed by atoms with E-state index >= 15 is 0 Å². The van der Waals surface area contributed by atoms with Gasteiger partial charge in [-0.2, -0.15) is 0 Å². The molecule has 0 radical (unpaired) electrons. The zero-order valence-corrected chi connectivity index (χ0v) is 19.0. The average Bonchev–Trinajstić information content (AvgIpc) is 2.80. The fraction of sp³-hybridized carbons (Fsp3) is 0.333. The maximum Gasteiger partial charge on any atom is 0.322 e. The van der Waals surface area contributed by atoms with E-state index in [1.165, 1.54) is 11.1 Å². The number of rotatable bonds is 6. The number of carbonyl (C=O) groups is 1. The number of anilines is 1. The quantitative estimate of drug-likeness (QED) is 0.572. The SMILES string of the molecule is Cc1ccc(NC(=O)N(Cc2cccc(C)n2)C2CCN(Cc3ccccc3)CC2)cc1. The third-order valence-corrected chi connectivity index (χ3v) is 6.09. The lowest BCUT2D eigenvalue weighted by atomic mass is 10.0. The molecule has 0 unspecified atom stereocenters. The minimum atomic E-state index is -0.0568. The van der Waals surface area contributed by atoms with E-state index in [4.69, 9.17) is 0 Å². The second-order valence-corrected chi connectivity index (χ2v) is 8.69. The van der Waals surface area contributed by atoms with Crippen molar-refractivity contribution in [2.45, 2.75) is 45.8 Å². The number of aromatic nitrogens is 1. The van der Waals surface area contributed by atoms with Crippen molar-refractivity contribution in [3.63, 3.8) is 0 Å². The highest BCUT2D eigenvalue weighted by atomic mass is 16.2. The van der Waals surface area contributed by atoms with Gasteiger partial charge in [0.05, 0.1) is 12.2 Å². The summed E-state index contributed by atoms with van der Waals surface area (Å²) < 4.78 is 0. The first kappa shape index (κ1) is 22.0. The molecule has 2 heterocycles. The van der Waals surface area contributed by atoms with Gasteiger partial charge in [0.25, 0.3) is 0 Å². The number of benzene rings is 2. The molecule has 5 heteroatoms. The normalized spacial score (nSPS) is 14.8. The van der Waals surface area contributed by atoms with Gasteiger partial charge in [-0.3, -0.25) is 9.88 Å². The van der Waals surface area contributed by atoms with Crippen molar-refractivity contribution in [1.82, 2.24) is 14.8 Å². The Balaban J connectivity index is 1.44. The molecule has 0 aliphatic carbocycles. The third kappa shape index (κ3) is 5.95. The minimum absolute atomic E-state index is 0.0568. The summed E-state index contributed by atoms with van der Waals surface area (Å²) in [7, 11) is 0. The molecule has 32 heavy (non-hydrogen) atoms. The van der Waals surface area contributed by atoms with Gasteiger partial charge in [0, 0.05) is 37.1 Å². The van der Waals surface area contributed by atoms with Crippen molar-refractivity contribution in [3.8, 4) is 0 Å². The molecule has 4 rings (SSSR count). The molecule has 5 nitrogen and oxygen atoms in total. The number of piperidine rings is 1. The van der Waals surface area contributed by atoms with Crippen LogP contribution in [0, 0.1) is 13.8 Å². The Kier molecular flexibility index (Phi) is 7.17. The number of pyridine rings is 1. The van der Waals surface area contributed by atoms with Crippen LogP contribution in [-0.4, -0.2) is 39.9 Å². The van der Waals surface area contributed by atoms with Crippen molar-refractivity contribution in [3.05, 3.63) is 95.3 Å². The Bertz CT molecular complexity index is 1010. The summed E-state index contributed by atoms with van der Waals surface area (Å²) in [6, 6.07) is 24.7. The number of carbonyl (C=O) groups excluding carboxylic acids is 1. The van der Waals surface area contributed by atoms with Gasteiger partial charge in [0.15, 0.2) is 0 Å². The fourth-order valence-electron chi connectivity index (χ4n) is 4.29. The molecule has 0 saturated carbocycles. The molecular weight excluding hydrogens is 396 g/mol. The molecule has 0 spiro atoms. The number of likely N-dealkylation sites (tertiary alicyclic amines) is 1. The second kappa shape index (κ2) is 10.4. The predicted molar refractivity (Wildman–Crippen MR) is 129 cm³/mol. The molecule has 1 aromatic heterocycles. The van der Waals surface area contributed by atoms with Gasteiger partial charge in [-0.05, 0) is 56.5 Å². The molecule has 1 fully saturated rings. The van der Waals surface area contributed by atoms with Crippen molar-refractivity contribution in [1.29, 1.82) is 0 Å². The Morgan fingerprint density at radius 3 is 2.38 bits per heavy atom. The van der Waals surface area contributed by atoms with Crippen LogP contribution in [0.15, 0.2) is 72.8 Å². The van der Waals surface area contributed by atoms with E-state index in [-0.39, 0.29) is 12.1 Å².